The Balaban J connectivity index is 2.75. The quantitative estimate of drug-likeness (QED) is 0.753. The van der Waals surface area contributed by atoms with E-state index in [0.29, 0.717) is 6.54 Å². The monoisotopic (exact) mass is 182 g/mol. The summed E-state index contributed by atoms with van der Waals surface area (Å²) in [5, 5.41) is 13.3. The average molecular weight is 182 g/mol. The maximum absolute atomic E-state index is 9.16. The second-order valence-corrected chi connectivity index (χ2v) is 4.55. The molecule has 74 valence electrons. The molecule has 0 aliphatic carbocycles. The SMILES string of the molecule is C[C@H](O)Cn1cc(C(C)(C)C)cn1. The van der Waals surface area contributed by atoms with Gasteiger partial charge in [0.05, 0.1) is 18.8 Å². The first kappa shape index (κ1) is 10.3. The van der Waals surface area contributed by atoms with Crippen molar-refractivity contribution in [2.45, 2.75) is 45.8 Å². The molecule has 0 fully saturated rings. The predicted octanol–water partition coefficient (Wildman–Crippen LogP) is 1.56. The molecule has 1 aromatic heterocycles. The Labute approximate surface area is 79.4 Å². The molecule has 1 rings (SSSR count). The smallest absolute Gasteiger partial charge is 0.0708 e. The van der Waals surface area contributed by atoms with Gasteiger partial charge < -0.3 is 5.11 Å². The molecule has 1 N–H and O–H groups in total. The lowest BCUT2D eigenvalue weighted by Gasteiger charge is -2.15. The first-order chi connectivity index (χ1) is 5.89. The summed E-state index contributed by atoms with van der Waals surface area (Å²) in [6, 6.07) is 0. The van der Waals surface area contributed by atoms with E-state index in [1.807, 2.05) is 12.4 Å². The molecule has 0 radical (unpaired) electrons. The first-order valence-corrected chi connectivity index (χ1v) is 4.60. The van der Waals surface area contributed by atoms with Crippen molar-refractivity contribution in [2.24, 2.45) is 0 Å². The predicted molar refractivity (Wildman–Crippen MR) is 52.6 cm³/mol. The molecule has 0 saturated heterocycles. The molecule has 1 atom stereocenters. The minimum atomic E-state index is -0.340. The molecule has 1 heterocycles. The van der Waals surface area contributed by atoms with Gasteiger partial charge in [-0.3, -0.25) is 4.68 Å². The van der Waals surface area contributed by atoms with Crippen LogP contribution in [0.25, 0.3) is 0 Å². The van der Waals surface area contributed by atoms with Crippen LogP contribution < -0.4 is 0 Å². The number of aliphatic hydroxyl groups excluding tert-OH is 1. The van der Waals surface area contributed by atoms with Crippen molar-refractivity contribution in [1.29, 1.82) is 0 Å². The van der Waals surface area contributed by atoms with E-state index >= 15 is 0 Å². The van der Waals surface area contributed by atoms with Gasteiger partial charge in [-0.1, -0.05) is 20.8 Å². The van der Waals surface area contributed by atoms with Gasteiger partial charge in [-0.05, 0) is 17.9 Å². The maximum Gasteiger partial charge on any atom is 0.0708 e. The van der Waals surface area contributed by atoms with Gasteiger partial charge in [0.1, 0.15) is 0 Å². The third kappa shape index (κ3) is 2.84. The second-order valence-electron chi connectivity index (χ2n) is 4.55. The fourth-order valence-corrected chi connectivity index (χ4v) is 1.12. The summed E-state index contributed by atoms with van der Waals surface area (Å²) in [6.07, 6.45) is 3.52. The van der Waals surface area contributed by atoms with Crippen molar-refractivity contribution in [3.8, 4) is 0 Å². The Kier molecular flexibility index (Phi) is 2.76. The molecule has 1 aromatic rings. The lowest BCUT2D eigenvalue weighted by molar-refractivity contribution is 0.168. The van der Waals surface area contributed by atoms with Gasteiger partial charge in [0.25, 0.3) is 0 Å². The fraction of sp³-hybridized carbons (Fsp3) is 0.700. The molecular formula is C10H18N2O. The van der Waals surface area contributed by atoms with Gasteiger partial charge in [-0.2, -0.15) is 5.10 Å². The highest BCUT2D eigenvalue weighted by Gasteiger charge is 2.15. The van der Waals surface area contributed by atoms with Gasteiger partial charge in [-0.15, -0.1) is 0 Å². The Bertz CT molecular complexity index is 271. The molecule has 0 aliphatic heterocycles. The largest absolute Gasteiger partial charge is 0.391 e. The molecule has 0 saturated carbocycles. The maximum atomic E-state index is 9.16. The van der Waals surface area contributed by atoms with Crippen molar-refractivity contribution in [3.05, 3.63) is 18.0 Å². The minimum absolute atomic E-state index is 0.136. The topological polar surface area (TPSA) is 38.0 Å². The van der Waals surface area contributed by atoms with Crippen molar-refractivity contribution >= 4 is 0 Å². The Morgan fingerprint density at radius 2 is 2.15 bits per heavy atom. The van der Waals surface area contributed by atoms with Crippen molar-refractivity contribution in [3.63, 3.8) is 0 Å². The van der Waals surface area contributed by atoms with Crippen LogP contribution in [0.4, 0.5) is 0 Å². The van der Waals surface area contributed by atoms with E-state index in [4.69, 9.17) is 5.11 Å². The van der Waals surface area contributed by atoms with Gasteiger partial charge in [0.15, 0.2) is 0 Å². The number of aliphatic hydroxyl groups is 1. The highest BCUT2D eigenvalue weighted by atomic mass is 16.3. The summed E-state index contributed by atoms with van der Waals surface area (Å²) in [7, 11) is 0. The highest BCUT2D eigenvalue weighted by molar-refractivity contribution is 5.14. The molecule has 0 amide bonds. The molecule has 0 unspecified atom stereocenters. The van der Waals surface area contributed by atoms with E-state index in [-0.39, 0.29) is 11.5 Å². The van der Waals surface area contributed by atoms with E-state index in [1.54, 1.807) is 11.6 Å². The molecule has 0 bridgehead atoms. The van der Waals surface area contributed by atoms with Gasteiger partial charge in [0.2, 0.25) is 0 Å². The van der Waals surface area contributed by atoms with Crippen LogP contribution in [0.15, 0.2) is 12.4 Å². The molecule has 0 aliphatic rings. The number of nitrogens with zero attached hydrogens (tertiary/aromatic N) is 2. The van der Waals surface area contributed by atoms with Crippen LogP contribution in [0.2, 0.25) is 0 Å². The van der Waals surface area contributed by atoms with Crippen molar-refractivity contribution < 1.29 is 5.11 Å². The fourth-order valence-electron chi connectivity index (χ4n) is 1.12. The third-order valence-electron chi connectivity index (χ3n) is 1.95. The van der Waals surface area contributed by atoms with Gasteiger partial charge >= 0.3 is 0 Å². The van der Waals surface area contributed by atoms with Gasteiger partial charge in [0, 0.05) is 6.20 Å². The number of rotatable bonds is 2. The summed E-state index contributed by atoms with van der Waals surface area (Å²) >= 11 is 0. The molecule has 3 nitrogen and oxygen atoms in total. The summed E-state index contributed by atoms with van der Waals surface area (Å²) < 4.78 is 1.78. The van der Waals surface area contributed by atoms with E-state index in [0.717, 1.165) is 0 Å². The van der Waals surface area contributed by atoms with E-state index in [9.17, 15) is 0 Å². The Hall–Kier alpha value is -0.830. The molecule has 13 heavy (non-hydrogen) atoms. The molecule has 0 aromatic carbocycles. The lowest BCUT2D eigenvalue weighted by Crippen LogP contribution is -2.13. The zero-order chi connectivity index (χ0) is 10.1. The van der Waals surface area contributed by atoms with E-state index in [1.165, 1.54) is 5.56 Å². The highest BCUT2D eigenvalue weighted by Crippen LogP contribution is 2.20. The zero-order valence-electron chi connectivity index (χ0n) is 8.78. The number of hydrogen-bond acceptors (Lipinski definition) is 2. The van der Waals surface area contributed by atoms with Crippen LogP contribution in [-0.2, 0) is 12.0 Å². The summed E-state index contributed by atoms with van der Waals surface area (Å²) in [4.78, 5) is 0. The zero-order valence-corrected chi connectivity index (χ0v) is 8.78. The van der Waals surface area contributed by atoms with Crippen LogP contribution >= 0.6 is 0 Å². The Morgan fingerprint density at radius 3 is 2.54 bits per heavy atom. The summed E-state index contributed by atoms with van der Waals surface area (Å²) in [5.41, 5.74) is 1.34. The molecular weight excluding hydrogens is 164 g/mol. The third-order valence-corrected chi connectivity index (χ3v) is 1.95. The van der Waals surface area contributed by atoms with E-state index < -0.39 is 0 Å². The Morgan fingerprint density at radius 1 is 1.54 bits per heavy atom. The van der Waals surface area contributed by atoms with Crippen LogP contribution in [-0.4, -0.2) is 21.0 Å². The number of aromatic nitrogens is 2. The molecule has 0 spiro atoms. The average Bonchev–Trinajstić information content (AvgIpc) is 2.32. The molecule has 3 heteroatoms. The minimum Gasteiger partial charge on any atom is -0.391 e. The summed E-state index contributed by atoms with van der Waals surface area (Å²) in [5.74, 6) is 0. The standard InChI is InChI=1S/C10H18N2O/c1-8(13)6-12-7-9(5-11-12)10(2,3)4/h5,7-8,13H,6H2,1-4H3/t8-/m0/s1. The lowest BCUT2D eigenvalue weighted by atomic mass is 9.90. The van der Waals surface area contributed by atoms with Crippen LogP contribution in [0.5, 0.6) is 0 Å². The second kappa shape index (κ2) is 3.50. The van der Waals surface area contributed by atoms with Crippen LogP contribution in [0.1, 0.15) is 33.3 Å². The van der Waals surface area contributed by atoms with Crippen molar-refractivity contribution in [1.82, 2.24) is 9.78 Å². The first-order valence-electron chi connectivity index (χ1n) is 4.60. The van der Waals surface area contributed by atoms with Crippen LogP contribution in [0.3, 0.4) is 0 Å². The van der Waals surface area contributed by atoms with E-state index in [2.05, 4.69) is 25.9 Å². The van der Waals surface area contributed by atoms with Crippen molar-refractivity contribution in [2.75, 3.05) is 0 Å². The normalized spacial score (nSPS) is 14.5. The van der Waals surface area contributed by atoms with Gasteiger partial charge in [-0.25, -0.2) is 0 Å². The van der Waals surface area contributed by atoms with Crippen LogP contribution in [0, 0.1) is 0 Å². The summed E-state index contributed by atoms with van der Waals surface area (Å²) in [6.45, 7) is 8.78. The number of hydrogen-bond donors (Lipinski definition) is 1.